The molecule has 6 nitrogen and oxygen atoms in total. The summed E-state index contributed by atoms with van der Waals surface area (Å²) in [5, 5.41) is 11.1. The smallest absolute Gasteiger partial charge is 0.277 e. The van der Waals surface area contributed by atoms with Crippen molar-refractivity contribution < 1.29 is 18.3 Å². The molecule has 0 aliphatic rings. The Balaban J connectivity index is 1.84. The van der Waals surface area contributed by atoms with Gasteiger partial charge in [-0.05, 0) is 44.0 Å². The summed E-state index contributed by atoms with van der Waals surface area (Å²) >= 11 is 1.18. The highest BCUT2D eigenvalue weighted by Gasteiger charge is 2.17. The number of nitrogens with one attached hydrogen (secondary N) is 1. The average Bonchev–Trinajstić information content (AvgIpc) is 3.09. The molecule has 0 unspecified atom stereocenters. The van der Waals surface area contributed by atoms with Crippen LogP contribution < -0.4 is 10.1 Å². The fourth-order valence-corrected chi connectivity index (χ4v) is 2.68. The van der Waals surface area contributed by atoms with Crippen molar-refractivity contribution in [3.05, 3.63) is 36.0 Å². The Morgan fingerprint density at radius 1 is 1.28 bits per heavy atom. The molecule has 1 aromatic carbocycles. The maximum Gasteiger partial charge on any atom is 0.277 e. The van der Waals surface area contributed by atoms with Crippen molar-refractivity contribution in [3.63, 3.8) is 0 Å². The Hall–Kier alpha value is -2.09. The minimum atomic E-state index is -0.481. The molecule has 8 heteroatoms. The van der Waals surface area contributed by atoms with Crippen LogP contribution in [0.2, 0.25) is 0 Å². The highest BCUT2D eigenvalue weighted by Crippen LogP contribution is 2.24. The third-order valence-corrected chi connectivity index (χ3v) is 4.39. The number of benzene rings is 1. The standard InChI is InChI=1S/C17H22FN3O3S/c1-4-13(5-2)19-15(22)10-25-17-21-20-16(24-17)11(3)23-14-8-6-12(18)7-9-14/h6-9,11,13H,4-5,10H2,1-3H3,(H,19,22)/t11-/m0/s1. The largest absolute Gasteiger partial charge is 0.481 e. The van der Waals surface area contributed by atoms with Crippen LogP contribution >= 0.6 is 11.8 Å². The SMILES string of the molecule is CCC(CC)NC(=O)CSc1nnc([C@H](C)Oc2ccc(F)cc2)o1. The van der Waals surface area contributed by atoms with Gasteiger partial charge in [0.05, 0.1) is 5.75 Å². The third-order valence-electron chi connectivity index (χ3n) is 3.57. The number of carbonyl (C=O) groups is 1. The normalized spacial score (nSPS) is 12.2. The van der Waals surface area contributed by atoms with Gasteiger partial charge in [-0.3, -0.25) is 4.79 Å². The first kappa shape index (κ1) is 19.2. The van der Waals surface area contributed by atoms with Crippen molar-refractivity contribution in [1.82, 2.24) is 15.5 Å². The maximum atomic E-state index is 12.9. The summed E-state index contributed by atoms with van der Waals surface area (Å²) in [5.41, 5.74) is 0. The van der Waals surface area contributed by atoms with Crippen molar-refractivity contribution in [2.45, 2.75) is 51.0 Å². The first-order valence-corrected chi connectivity index (χ1v) is 9.18. The summed E-state index contributed by atoms with van der Waals surface area (Å²) < 4.78 is 24.0. The molecule has 2 aromatic rings. The number of carbonyl (C=O) groups excluding carboxylic acids is 1. The molecule has 1 heterocycles. The van der Waals surface area contributed by atoms with Gasteiger partial charge in [0.1, 0.15) is 11.6 Å². The van der Waals surface area contributed by atoms with E-state index in [0.29, 0.717) is 16.9 Å². The topological polar surface area (TPSA) is 77.2 Å². The van der Waals surface area contributed by atoms with Crippen molar-refractivity contribution >= 4 is 17.7 Å². The van der Waals surface area contributed by atoms with E-state index in [4.69, 9.17) is 9.15 Å². The number of hydrogen-bond acceptors (Lipinski definition) is 6. The highest BCUT2D eigenvalue weighted by molar-refractivity contribution is 7.99. The predicted octanol–water partition coefficient (Wildman–Crippen LogP) is 3.75. The highest BCUT2D eigenvalue weighted by atomic mass is 32.2. The lowest BCUT2D eigenvalue weighted by molar-refractivity contribution is -0.119. The Morgan fingerprint density at radius 2 is 1.96 bits per heavy atom. The van der Waals surface area contributed by atoms with Crippen LogP contribution in [0.4, 0.5) is 4.39 Å². The molecule has 0 spiro atoms. The maximum absolute atomic E-state index is 12.9. The van der Waals surface area contributed by atoms with Gasteiger partial charge in [0.15, 0.2) is 6.10 Å². The Bertz CT molecular complexity index is 674. The van der Waals surface area contributed by atoms with E-state index in [9.17, 15) is 9.18 Å². The van der Waals surface area contributed by atoms with Crippen LogP contribution in [-0.2, 0) is 4.79 Å². The van der Waals surface area contributed by atoms with Gasteiger partial charge in [-0.2, -0.15) is 0 Å². The number of nitrogens with zero attached hydrogens (tertiary/aromatic N) is 2. The minimum Gasteiger partial charge on any atom is -0.481 e. The Kier molecular flexibility index (Phi) is 7.24. The molecule has 2 rings (SSSR count). The van der Waals surface area contributed by atoms with Crippen LogP contribution in [0, 0.1) is 5.82 Å². The van der Waals surface area contributed by atoms with Crippen LogP contribution in [0.5, 0.6) is 5.75 Å². The Labute approximate surface area is 150 Å². The lowest BCUT2D eigenvalue weighted by Crippen LogP contribution is -2.34. The fraction of sp³-hybridized carbons (Fsp3) is 0.471. The summed E-state index contributed by atoms with van der Waals surface area (Å²) in [7, 11) is 0. The lowest BCUT2D eigenvalue weighted by Gasteiger charge is -2.13. The number of aromatic nitrogens is 2. The predicted molar refractivity (Wildman–Crippen MR) is 93.0 cm³/mol. The molecule has 0 saturated carbocycles. The molecule has 0 radical (unpaired) electrons. The van der Waals surface area contributed by atoms with Gasteiger partial charge < -0.3 is 14.5 Å². The van der Waals surface area contributed by atoms with Gasteiger partial charge in [-0.15, -0.1) is 10.2 Å². The molecule has 136 valence electrons. The molecule has 25 heavy (non-hydrogen) atoms. The van der Waals surface area contributed by atoms with Crippen LogP contribution in [-0.4, -0.2) is 27.9 Å². The second kappa shape index (κ2) is 9.41. The van der Waals surface area contributed by atoms with Gasteiger partial charge in [-0.1, -0.05) is 25.6 Å². The molecule has 1 N–H and O–H groups in total. The van der Waals surface area contributed by atoms with Crippen molar-refractivity contribution in [2.75, 3.05) is 5.75 Å². The molecule has 1 amide bonds. The number of halogens is 1. The van der Waals surface area contributed by atoms with Crippen molar-refractivity contribution in [2.24, 2.45) is 0 Å². The van der Waals surface area contributed by atoms with Crippen molar-refractivity contribution in [1.29, 1.82) is 0 Å². The zero-order chi connectivity index (χ0) is 18.2. The van der Waals surface area contributed by atoms with E-state index in [-0.39, 0.29) is 23.5 Å². The minimum absolute atomic E-state index is 0.0611. The number of rotatable bonds is 9. The third kappa shape index (κ3) is 6.04. The van der Waals surface area contributed by atoms with Crippen LogP contribution in [0.3, 0.4) is 0 Å². The summed E-state index contributed by atoms with van der Waals surface area (Å²) in [6, 6.07) is 5.88. The summed E-state index contributed by atoms with van der Waals surface area (Å²) in [5.74, 6) is 0.626. The van der Waals surface area contributed by atoms with Gasteiger partial charge in [0, 0.05) is 6.04 Å². The lowest BCUT2D eigenvalue weighted by atomic mass is 10.2. The van der Waals surface area contributed by atoms with Gasteiger partial charge in [-0.25, -0.2) is 4.39 Å². The fourth-order valence-electron chi connectivity index (χ4n) is 2.10. The molecule has 1 atom stereocenters. The zero-order valence-electron chi connectivity index (χ0n) is 14.5. The molecular weight excluding hydrogens is 345 g/mol. The van der Waals surface area contributed by atoms with Gasteiger partial charge >= 0.3 is 0 Å². The molecule has 0 saturated heterocycles. The molecular formula is C17H22FN3O3S. The van der Waals surface area contributed by atoms with Crippen LogP contribution in [0.1, 0.15) is 45.6 Å². The van der Waals surface area contributed by atoms with E-state index in [1.54, 1.807) is 6.92 Å². The summed E-state index contributed by atoms with van der Waals surface area (Å²) in [4.78, 5) is 11.9. The first-order chi connectivity index (χ1) is 12.0. The zero-order valence-corrected chi connectivity index (χ0v) is 15.3. The molecule has 0 aliphatic carbocycles. The van der Waals surface area contributed by atoms with Crippen LogP contribution in [0.15, 0.2) is 33.9 Å². The molecule has 0 aliphatic heterocycles. The van der Waals surface area contributed by atoms with Gasteiger partial charge in [0.2, 0.25) is 5.91 Å². The second-order valence-corrected chi connectivity index (χ2v) is 6.42. The van der Waals surface area contributed by atoms with Crippen molar-refractivity contribution in [3.8, 4) is 5.75 Å². The van der Waals surface area contributed by atoms with E-state index in [2.05, 4.69) is 15.5 Å². The molecule has 0 fully saturated rings. The number of amides is 1. The van der Waals surface area contributed by atoms with E-state index in [1.165, 1.54) is 36.0 Å². The van der Waals surface area contributed by atoms with E-state index < -0.39 is 6.10 Å². The molecule has 1 aromatic heterocycles. The van der Waals surface area contributed by atoms with E-state index >= 15 is 0 Å². The van der Waals surface area contributed by atoms with E-state index in [1.807, 2.05) is 13.8 Å². The summed E-state index contributed by atoms with van der Waals surface area (Å²) in [6.45, 7) is 5.83. The second-order valence-electron chi connectivity index (χ2n) is 5.49. The monoisotopic (exact) mass is 367 g/mol. The summed E-state index contributed by atoms with van der Waals surface area (Å²) in [6.07, 6.45) is 1.32. The Morgan fingerprint density at radius 3 is 2.60 bits per heavy atom. The average molecular weight is 367 g/mol. The van der Waals surface area contributed by atoms with Crippen LogP contribution in [0.25, 0.3) is 0 Å². The number of thioether (sulfide) groups is 1. The van der Waals surface area contributed by atoms with Gasteiger partial charge in [0.25, 0.3) is 11.1 Å². The first-order valence-electron chi connectivity index (χ1n) is 8.19. The number of ether oxygens (including phenoxy) is 1. The quantitative estimate of drug-likeness (QED) is 0.680. The number of hydrogen-bond donors (Lipinski definition) is 1. The molecule has 0 bridgehead atoms. The van der Waals surface area contributed by atoms with E-state index in [0.717, 1.165) is 12.8 Å².